The third-order valence-corrected chi connectivity index (χ3v) is 2.66. The zero-order chi connectivity index (χ0) is 11.4. The molecule has 84 valence electrons. The van der Waals surface area contributed by atoms with Gasteiger partial charge in [-0.05, 0) is 31.0 Å². The van der Waals surface area contributed by atoms with Gasteiger partial charge in [-0.3, -0.25) is 0 Å². The van der Waals surface area contributed by atoms with Crippen molar-refractivity contribution in [3.8, 4) is 0 Å². The van der Waals surface area contributed by atoms with E-state index in [0.29, 0.717) is 6.61 Å². The molecule has 1 atom stereocenters. The summed E-state index contributed by atoms with van der Waals surface area (Å²) in [4.78, 5) is 0. The monoisotopic (exact) mass is 215 g/mol. The molecule has 0 aromatic heterocycles. The molecule has 1 aliphatic carbocycles. The molecule has 0 saturated carbocycles. The quantitative estimate of drug-likeness (QED) is 0.786. The van der Waals surface area contributed by atoms with Crippen LogP contribution in [0.3, 0.4) is 0 Å². The summed E-state index contributed by atoms with van der Waals surface area (Å²) in [5.41, 5.74) is 8.93. The van der Waals surface area contributed by atoms with E-state index in [2.05, 4.69) is 25.2 Å². The third kappa shape index (κ3) is 2.97. The van der Waals surface area contributed by atoms with E-state index in [-0.39, 0.29) is 6.10 Å². The lowest BCUT2D eigenvalue weighted by atomic mass is 10.1. The molecule has 2 heteroatoms. The van der Waals surface area contributed by atoms with E-state index in [1.807, 2.05) is 24.3 Å². The van der Waals surface area contributed by atoms with Gasteiger partial charge in [0.2, 0.25) is 0 Å². The van der Waals surface area contributed by atoms with Crippen LogP contribution in [0.2, 0.25) is 0 Å². The van der Waals surface area contributed by atoms with Gasteiger partial charge in [0.1, 0.15) is 0 Å². The first kappa shape index (κ1) is 11.0. The maximum absolute atomic E-state index is 5.79. The predicted octanol–water partition coefficient (Wildman–Crippen LogP) is 3.06. The van der Waals surface area contributed by atoms with E-state index < -0.39 is 0 Å². The van der Waals surface area contributed by atoms with Crippen molar-refractivity contribution in [2.24, 2.45) is 0 Å². The molecule has 1 aliphatic rings. The highest BCUT2D eigenvalue weighted by atomic mass is 16.5. The summed E-state index contributed by atoms with van der Waals surface area (Å²) in [6, 6.07) is 7.82. The Bertz CT molecular complexity index is 420. The van der Waals surface area contributed by atoms with E-state index in [4.69, 9.17) is 10.5 Å². The molecule has 1 aromatic carbocycles. The van der Waals surface area contributed by atoms with Crippen LogP contribution in [0.15, 0.2) is 48.1 Å². The van der Waals surface area contributed by atoms with Crippen LogP contribution < -0.4 is 5.73 Å². The maximum atomic E-state index is 5.79. The summed E-state index contributed by atoms with van der Waals surface area (Å²) in [6.07, 6.45) is 7.58. The van der Waals surface area contributed by atoms with Gasteiger partial charge < -0.3 is 10.5 Å². The zero-order valence-corrected chi connectivity index (χ0v) is 9.52. The topological polar surface area (TPSA) is 35.2 Å². The number of ether oxygens (including phenoxy) is 1. The largest absolute Gasteiger partial charge is 0.399 e. The van der Waals surface area contributed by atoms with Crippen molar-refractivity contribution in [1.29, 1.82) is 0 Å². The second kappa shape index (κ2) is 4.99. The van der Waals surface area contributed by atoms with Crippen LogP contribution in [-0.4, -0.2) is 6.10 Å². The normalized spacial score (nSPS) is 19.6. The summed E-state index contributed by atoms with van der Waals surface area (Å²) in [5, 5.41) is 0. The van der Waals surface area contributed by atoms with E-state index in [0.717, 1.165) is 17.7 Å². The van der Waals surface area contributed by atoms with Gasteiger partial charge in [0, 0.05) is 5.69 Å². The van der Waals surface area contributed by atoms with Gasteiger partial charge in [0.15, 0.2) is 0 Å². The Kier molecular flexibility index (Phi) is 3.42. The van der Waals surface area contributed by atoms with Gasteiger partial charge in [-0.2, -0.15) is 0 Å². The van der Waals surface area contributed by atoms with Crippen LogP contribution in [0.25, 0.3) is 0 Å². The van der Waals surface area contributed by atoms with E-state index in [1.54, 1.807) is 0 Å². The van der Waals surface area contributed by atoms with Gasteiger partial charge in [-0.15, -0.1) is 0 Å². The van der Waals surface area contributed by atoms with Crippen molar-refractivity contribution in [1.82, 2.24) is 0 Å². The summed E-state index contributed by atoms with van der Waals surface area (Å²) in [5.74, 6) is 0. The molecule has 16 heavy (non-hydrogen) atoms. The van der Waals surface area contributed by atoms with Crippen molar-refractivity contribution in [3.05, 3.63) is 53.6 Å². The number of hydrogen-bond donors (Lipinski definition) is 1. The third-order valence-electron chi connectivity index (χ3n) is 2.66. The molecule has 1 unspecified atom stereocenters. The van der Waals surface area contributed by atoms with Gasteiger partial charge in [0.05, 0.1) is 12.7 Å². The average molecular weight is 215 g/mol. The lowest BCUT2D eigenvalue weighted by Crippen LogP contribution is -2.11. The fourth-order valence-electron chi connectivity index (χ4n) is 1.72. The van der Waals surface area contributed by atoms with E-state index >= 15 is 0 Å². The molecule has 0 amide bonds. The summed E-state index contributed by atoms with van der Waals surface area (Å²) >= 11 is 0. The fraction of sp³-hybridized carbons (Fsp3) is 0.286. The van der Waals surface area contributed by atoms with E-state index in [9.17, 15) is 0 Å². The molecule has 2 rings (SSSR count). The van der Waals surface area contributed by atoms with Crippen molar-refractivity contribution < 1.29 is 4.74 Å². The SMILES string of the molecule is CC1=CCC(OCc2cccc(N)c2)C=C1. The lowest BCUT2D eigenvalue weighted by Gasteiger charge is -2.16. The predicted molar refractivity (Wildman–Crippen MR) is 66.9 cm³/mol. The number of nitrogens with two attached hydrogens (primary N) is 1. The molecule has 1 aromatic rings. The molecule has 0 bridgehead atoms. The van der Waals surface area contributed by atoms with Crippen LogP contribution >= 0.6 is 0 Å². The molecule has 0 heterocycles. The molecule has 0 saturated heterocycles. The Morgan fingerprint density at radius 2 is 2.31 bits per heavy atom. The molecule has 2 nitrogen and oxygen atoms in total. The first-order chi connectivity index (χ1) is 7.74. The second-order valence-corrected chi connectivity index (χ2v) is 4.14. The first-order valence-corrected chi connectivity index (χ1v) is 5.55. The summed E-state index contributed by atoms with van der Waals surface area (Å²) < 4.78 is 5.79. The standard InChI is InChI=1S/C14H17NO/c1-11-5-7-14(8-6-11)16-10-12-3-2-4-13(15)9-12/h2-7,9,14H,8,10,15H2,1H3. The molecular weight excluding hydrogens is 198 g/mol. The van der Waals surface area contributed by atoms with Crippen molar-refractivity contribution >= 4 is 5.69 Å². The number of anilines is 1. The number of rotatable bonds is 3. The smallest absolute Gasteiger partial charge is 0.0798 e. The van der Waals surface area contributed by atoms with Crippen molar-refractivity contribution in [2.75, 3.05) is 5.73 Å². The molecule has 0 radical (unpaired) electrons. The lowest BCUT2D eigenvalue weighted by molar-refractivity contribution is 0.0731. The highest BCUT2D eigenvalue weighted by Gasteiger charge is 2.07. The molecule has 0 spiro atoms. The fourth-order valence-corrected chi connectivity index (χ4v) is 1.72. The minimum absolute atomic E-state index is 0.199. The summed E-state index contributed by atoms with van der Waals surface area (Å²) in [7, 11) is 0. The van der Waals surface area contributed by atoms with E-state index in [1.165, 1.54) is 5.57 Å². The highest BCUT2D eigenvalue weighted by Crippen LogP contribution is 2.15. The zero-order valence-electron chi connectivity index (χ0n) is 9.52. The number of allylic oxidation sites excluding steroid dienone is 2. The molecule has 0 fully saturated rings. The van der Waals surface area contributed by atoms with Gasteiger partial charge >= 0.3 is 0 Å². The van der Waals surface area contributed by atoms with Crippen LogP contribution in [-0.2, 0) is 11.3 Å². The Morgan fingerprint density at radius 3 is 3.00 bits per heavy atom. The molecule has 2 N–H and O–H groups in total. The van der Waals surface area contributed by atoms with Crippen LogP contribution in [0.1, 0.15) is 18.9 Å². The minimum Gasteiger partial charge on any atom is -0.399 e. The van der Waals surface area contributed by atoms with Gasteiger partial charge in [-0.1, -0.05) is 35.9 Å². The maximum Gasteiger partial charge on any atom is 0.0798 e. The molecule has 0 aliphatic heterocycles. The first-order valence-electron chi connectivity index (χ1n) is 5.55. The minimum atomic E-state index is 0.199. The highest BCUT2D eigenvalue weighted by molar-refractivity contribution is 5.40. The van der Waals surface area contributed by atoms with Crippen LogP contribution in [0.4, 0.5) is 5.69 Å². The number of hydrogen-bond acceptors (Lipinski definition) is 2. The van der Waals surface area contributed by atoms with Crippen LogP contribution in [0.5, 0.6) is 0 Å². The average Bonchev–Trinajstić information content (AvgIpc) is 2.28. The molecular formula is C14H17NO. The van der Waals surface area contributed by atoms with Gasteiger partial charge in [0.25, 0.3) is 0 Å². The Labute approximate surface area is 96.4 Å². The van der Waals surface area contributed by atoms with Crippen molar-refractivity contribution in [2.45, 2.75) is 26.1 Å². The van der Waals surface area contributed by atoms with Gasteiger partial charge in [-0.25, -0.2) is 0 Å². The van der Waals surface area contributed by atoms with Crippen molar-refractivity contribution in [3.63, 3.8) is 0 Å². The van der Waals surface area contributed by atoms with Crippen LogP contribution in [0, 0.1) is 0 Å². The Hall–Kier alpha value is -1.54. The Balaban J connectivity index is 1.87. The Morgan fingerprint density at radius 1 is 1.44 bits per heavy atom. The summed E-state index contributed by atoms with van der Waals surface area (Å²) in [6.45, 7) is 2.72. The second-order valence-electron chi connectivity index (χ2n) is 4.14. The number of benzene rings is 1. The number of nitrogen functional groups attached to an aromatic ring is 1.